The van der Waals surface area contributed by atoms with Crippen molar-refractivity contribution in [3.05, 3.63) is 53.6 Å². The fourth-order valence-corrected chi connectivity index (χ4v) is 2.47. The molecule has 1 heterocycles. The molecule has 0 aliphatic carbocycles. The Labute approximate surface area is 108 Å². The zero-order chi connectivity index (χ0) is 13.2. The van der Waals surface area contributed by atoms with E-state index in [1.165, 1.54) is 36.7 Å². The zero-order valence-electron chi connectivity index (χ0n) is 8.97. The Hall–Kier alpha value is -1.66. The van der Waals surface area contributed by atoms with E-state index >= 15 is 0 Å². The van der Waals surface area contributed by atoms with Gasteiger partial charge in [0.15, 0.2) is 0 Å². The molecule has 2 aromatic rings. The van der Waals surface area contributed by atoms with Gasteiger partial charge in [0.1, 0.15) is 10.7 Å². The van der Waals surface area contributed by atoms with Crippen molar-refractivity contribution in [1.29, 1.82) is 0 Å². The second-order valence-corrected chi connectivity index (χ2v) is 5.51. The summed E-state index contributed by atoms with van der Waals surface area (Å²) < 4.78 is 39.0. The molecule has 0 unspecified atom stereocenters. The van der Waals surface area contributed by atoms with Crippen LogP contribution in [0.25, 0.3) is 0 Å². The molecule has 94 valence electrons. The van der Waals surface area contributed by atoms with Crippen molar-refractivity contribution in [3.8, 4) is 0 Å². The molecule has 0 fully saturated rings. The third-order valence-electron chi connectivity index (χ3n) is 2.12. The van der Waals surface area contributed by atoms with Gasteiger partial charge in [-0.05, 0) is 30.3 Å². The number of nitrogens with zero attached hydrogens (tertiary/aromatic N) is 1. The van der Waals surface area contributed by atoms with Gasteiger partial charge in [0.2, 0.25) is 0 Å². The van der Waals surface area contributed by atoms with Gasteiger partial charge in [0.05, 0.1) is 10.7 Å². The molecular weight excluding hydrogens is 279 g/mol. The highest BCUT2D eigenvalue weighted by Crippen LogP contribution is 2.21. The van der Waals surface area contributed by atoms with E-state index in [0.717, 1.165) is 6.07 Å². The van der Waals surface area contributed by atoms with Gasteiger partial charge in [-0.15, -0.1) is 0 Å². The predicted octanol–water partition coefficient (Wildman–Crippen LogP) is 2.67. The normalized spacial score (nSPS) is 11.2. The number of aromatic nitrogens is 1. The fraction of sp³-hybridized carbons (Fsp3) is 0. The lowest BCUT2D eigenvalue weighted by Crippen LogP contribution is -2.13. The molecule has 0 bridgehead atoms. The maximum atomic E-state index is 12.9. The number of nitrogens with one attached hydrogen (secondary N) is 1. The van der Waals surface area contributed by atoms with Gasteiger partial charge in [-0.25, -0.2) is 12.8 Å². The quantitative estimate of drug-likeness (QED) is 0.944. The number of anilines is 1. The molecule has 1 aromatic carbocycles. The maximum Gasteiger partial charge on any atom is 0.263 e. The van der Waals surface area contributed by atoms with E-state index in [4.69, 9.17) is 11.6 Å². The fourth-order valence-electron chi connectivity index (χ4n) is 1.28. The van der Waals surface area contributed by atoms with Gasteiger partial charge in [0, 0.05) is 12.4 Å². The Morgan fingerprint density at radius 3 is 2.67 bits per heavy atom. The van der Waals surface area contributed by atoms with Crippen LogP contribution in [0.15, 0.2) is 47.6 Å². The molecular formula is C11H8ClFN2O2S. The molecule has 0 aliphatic heterocycles. The molecule has 1 N–H and O–H groups in total. The van der Waals surface area contributed by atoms with E-state index < -0.39 is 15.8 Å². The number of sulfonamides is 1. The van der Waals surface area contributed by atoms with Crippen LogP contribution in [0.1, 0.15) is 0 Å². The average Bonchev–Trinajstić information content (AvgIpc) is 2.35. The second kappa shape index (κ2) is 4.91. The Morgan fingerprint density at radius 1 is 1.28 bits per heavy atom. The van der Waals surface area contributed by atoms with Crippen molar-refractivity contribution >= 4 is 27.3 Å². The Balaban J connectivity index is 2.31. The summed E-state index contributed by atoms with van der Waals surface area (Å²) in [5.74, 6) is -0.610. The van der Waals surface area contributed by atoms with Gasteiger partial charge in [-0.3, -0.25) is 9.71 Å². The smallest absolute Gasteiger partial charge is 0.263 e. The summed E-state index contributed by atoms with van der Waals surface area (Å²) in [4.78, 5) is 3.74. The van der Waals surface area contributed by atoms with Crippen molar-refractivity contribution < 1.29 is 12.8 Å². The topological polar surface area (TPSA) is 59.1 Å². The van der Waals surface area contributed by atoms with Crippen LogP contribution in [-0.4, -0.2) is 13.4 Å². The Kier molecular flexibility index (Phi) is 3.49. The summed E-state index contributed by atoms with van der Waals surface area (Å²) in [5, 5.41) is -0.151. The van der Waals surface area contributed by atoms with Crippen LogP contribution in [0, 0.1) is 5.82 Å². The van der Waals surface area contributed by atoms with Crippen molar-refractivity contribution in [3.63, 3.8) is 0 Å². The number of rotatable bonds is 3. The standard InChI is InChI=1S/C11H8ClFN2O2S/c12-10-6-8(3-4-11(10)13)15-18(16,17)9-2-1-5-14-7-9/h1-7,15H. The average molecular weight is 287 g/mol. The first-order chi connectivity index (χ1) is 8.49. The highest BCUT2D eigenvalue weighted by molar-refractivity contribution is 7.92. The van der Waals surface area contributed by atoms with Crippen molar-refractivity contribution in [2.75, 3.05) is 4.72 Å². The molecule has 0 spiro atoms. The summed E-state index contributed by atoms with van der Waals surface area (Å²) in [6.45, 7) is 0. The number of halogens is 2. The summed E-state index contributed by atoms with van der Waals surface area (Å²) in [6.07, 6.45) is 2.68. The van der Waals surface area contributed by atoms with Crippen molar-refractivity contribution in [1.82, 2.24) is 4.98 Å². The highest BCUT2D eigenvalue weighted by Gasteiger charge is 2.14. The molecule has 0 aliphatic rings. The van der Waals surface area contributed by atoms with E-state index in [-0.39, 0.29) is 15.6 Å². The minimum atomic E-state index is -3.74. The molecule has 0 saturated carbocycles. The van der Waals surface area contributed by atoms with Crippen LogP contribution in [0.2, 0.25) is 5.02 Å². The van der Waals surface area contributed by atoms with Gasteiger partial charge in [-0.1, -0.05) is 11.6 Å². The van der Waals surface area contributed by atoms with Crippen molar-refractivity contribution in [2.45, 2.75) is 4.90 Å². The van der Waals surface area contributed by atoms with Crippen LogP contribution in [0.4, 0.5) is 10.1 Å². The molecule has 2 rings (SSSR count). The summed E-state index contributed by atoms with van der Waals surface area (Å²) in [7, 11) is -3.74. The number of benzene rings is 1. The monoisotopic (exact) mass is 286 g/mol. The SMILES string of the molecule is O=S(=O)(Nc1ccc(F)c(Cl)c1)c1cccnc1. The second-order valence-electron chi connectivity index (χ2n) is 3.42. The van der Waals surface area contributed by atoms with Crippen LogP contribution in [-0.2, 0) is 10.0 Å². The minimum Gasteiger partial charge on any atom is -0.280 e. The lowest BCUT2D eigenvalue weighted by molar-refractivity contribution is 0.600. The lowest BCUT2D eigenvalue weighted by Gasteiger charge is -2.08. The van der Waals surface area contributed by atoms with Gasteiger partial charge < -0.3 is 0 Å². The van der Waals surface area contributed by atoms with Gasteiger partial charge in [-0.2, -0.15) is 0 Å². The van der Waals surface area contributed by atoms with Crippen LogP contribution in [0.3, 0.4) is 0 Å². The first kappa shape index (κ1) is 12.8. The summed E-state index contributed by atoms with van der Waals surface area (Å²) in [5.41, 5.74) is 0.185. The summed E-state index contributed by atoms with van der Waals surface area (Å²) >= 11 is 5.57. The van der Waals surface area contributed by atoms with E-state index in [2.05, 4.69) is 9.71 Å². The molecule has 0 amide bonds. The summed E-state index contributed by atoms with van der Waals surface area (Å²) in [6, 6.07) is 6.48. The van der Waals surface area contributed by atoms with E-state index in [1.807, 2.05) is 0 Å². The van der Waals surface area contributed by atoms with Crippen LogP contribution in [0.5, 0.6) is 0 Å². The zero-order valence-corrected chi connectivity index (χ0v) is 10.5. The number of hydrogen-bond donors (Lipinski definition) is 1. The molecule has 18 heavy (non-hydrogen) atoms. The highest BCUT2D eigenvalue weighted by atomic mass is 35.5. The van der Waals surface area contributed by atoms with E-state index in [1.54, 1.807) is 0 Å². The molecule has 0 saturated heterocycles. The van der Waals surface area contributed by atoms with Gasteiger partial charge in [0.25, 0.3) is 10.0 Å². The number of pyridine rings is 1. The van der Waals surface area contributed by atoms with Crippen molar-refractivity contribution in [2.24, 2.45) is 0 Å². The largest absolute Gasteiger partial charge is 0.280 e. The first-order valence-electron chi connectivity index (χ1n) is 4.87. The number of hydrogen-bond acceptors (Lipinski definition) is 3. The molecule has 7 heteroatoms. The van der Waals surface area contributed by atoms with Gasteiger partial charge >= 0.3 is 0 Å². The first-order valence-corrected chi connectivity index (χ1v) is 6.73. The molecule has 1 aromatic heterocycles. The van der Waals surface area contributed by atoms with E-state index in [9.17, 15) is 12.8 Å². The molecule has 0 atom stereocenters. The predicted molar refractivity (Wildman–Crippen MR) is 66.5 cm³/mol. The van der Waals surface area contributed by atoms with Crippen LogP contribution < -0.4 is 4.72 Å². The molecule has 4 nitrogen and oxygen atoms in total. The lowest BCUT2D eigenvalue weighted by atomic mass is 10.3. The third-order valence-corrected chi connectivity index (χ3v) is 3.77. The van der Waals surface area contributed by atoms with E-state index in [0.29, 0.717) is 0 Å². The Bertz CT molecular complexity index is 662. The Morgan fingerprint density at radius 2 is 2.06 bits per heavy atom. The van der Waals surface area contributed by atoms with Crippen LogP contribution >= 0.6 is 11.6 Å². The third kappa shape index (κ3) is 2.77. The maximum absolute atomic E-state index is 12.9. The molecule has 0 radical (unpaired) electrons. The minimum absolute atomic E-state index is 0.0189.